The first-order valence-electron chi connectivity index (χ1n) is 4.78. The maximum atomic E-state index is 10.5. The number of benzene rings is 1. The summed E-state index contributed by atoms with van der Waals surface area (Å²) >= 11 is 4.69. The van der Waals surface area contributed by atoms with Gasteiger partial charge >= 0.3 is 0 Å². The van der Waals surface area contributed by atoms with Gasteiger partial charge < -0.3 is 11.1 Å². The molecule has 0 aliphatic heterocycles. The topological polar surface area (TPSA) is 81.2 Å². The van der Waals surface area contributed by atoms with Crippen LogP contribution in [0, 0.1) is 10.1 Å². The van der Waals surface area contributed by atoms with Crippen LogP contribution >= 0.6 is 12.2 Å². The summed E-state index contributed by atoms with van der Waals surface area (Å²) in [5.74, 6) is 0. The van der Waals surface area contributed by atoms with E-state index in [9.17, 15) is 10.1 Å². The fourth-order valence-electron chi connectivity index (χ4n) is 1.28. The number of hydrogen-bond donors (Lipinski definition) is 2. The van der Waals surface area contributed by atoms with Gasteiger partial charge in [0.2, 0.25) is 6.04 Å². The van der Waals surface area contributed by atoms with Crippen LogP contribution in [0.3, 0.4) is 0 Å². The van der Waals surface area contributed by atoms with Crippen LogP contribution in [0.5, 0.6) is 0 Å². The Bertz CT molecular complexity index is 392. The van der Waals surface area contributed by atoms with Crippen molar-refractivity contribution >= 4 is 23.0 Å². The molecule has 1 atom stereocenters. The van der Waals surface area contributed by atoms with Crippen molar-refractivity contribution in [1.29, 1.82) is 0 Å². The quantitative estimate of drug-likeness (QED) is 0.473. The Morgan fingerprint density at radius 3 is 2.56 bits per heavy atom. The number of thiocarbonyl (C=S) groups is 1. The van der Waals surface area contributed by atoms with Gasteiger partial charge in [0.25, 0.3) is 0 Å². The molecular weight excluding hydrogens is 226 g/mol. The largest absolute Gasteiger partial charge is 0.376 e. The van der Waals surface area contributed by atoms with E-state index in [1.807, 2.05) is 12.1 Å². The molecule has 0 fully saturated rings. The van der Waals surface area contributed by atoms with Crippen LogP contribution in [-0.4, -0.2) is 16.1 Å². The molecule has 0 spiro atoms. The number of nitro groups is 1. The van der Waals surface area contributed by atoms with E-state index >= 15 is 0 Å². The van der Waals surface area contributed by atoms with Crippen LogP contribution in [0.15, 0.2) is 24.3 Å². The van der Waals surface area contributed by atoms with Crippen molar-refractivity contribution in [1.82, 2.24) is 0 Å². The van der Waals surface area contributed by atoms with E-state index < -0.39 is 6.04 Å². The standard InChI is InChI=1S/C10H13N3O2S/c1-7(13(14)15)6-8-2-4-9(5-3-8)12-10(11)16/h2-5,7H,6H2,1H3,(H3,11,12,16). The zero-order valence-corrected chi connectivity index (χ0v) is 9.66. The first-order valence-corrected chi connectivity index (χ1v) is 5.18. The third-order valence-corrected chi connectivity index (χ3v) is 2.21. The number of anilines is 1. The molecular formula is C10H13N3O2S. The van der Waals surface area contributed by atoms with Gasteiger partial charge in [-0.1, -0.05) is 12.1 Å². The fourth-order valence-corrected chi connectivity index (χ4v) is 1.40. The molecule has 6 heteroatoms. The SMILES string of the molecule is CC(Cc1ccc(NC(N)=S)cc1)[N+](=O)[O-]. The van der Waals surface area contributed by atoms with E-state index in [4.69, 9.17) is 18.0 Å². The van der Waals surface area contributed by atoms with Crippen LogP contribution < -0.4 is 11.1 Å². The second kappa shape index (κ2) is 5.41. The molecule has 1 aromatic rings. The molecule has 0 heterocycles. The van der Waals surface area contributed by atoms with E-state index in [-0.39, 0.29) is 10.0 Å². The van der Waals surface area contributed by atoms with E-state index in [0.717, 1.165) is 11.3 Å². The summed E-state index contributed by atoms with van der Waals surface area (Å²) in [6.07, 6.45) is 0.417. The third-order valence-electron chi connectivity index (χ3n) is 2.11. The number of nitrogens with zero attached hydrogens (tertiary/aromatic N) is 1. The molecule has 0 aromatic heterocycles. The second-order valence-electron chi connectivity index (χ2n) is 3.52. The van der Waals surface area contributed by atoms with Crippen molar-refractivity contribution in [3.8, 4) is 0 Å². The smallest absolute Gasteiger partial charge is 0.214 e. The maximum Gasteiger partial charge on any atom is 0.214 e. The summed E-state index contributed by atoms with van der Waals surface area (Å²) in [7, 11) is 0. The highest BCUT2D eigenvalue weighted by molar-refractivity contribution is 7.80. The molecule has 0 radical (unpaired) electrons. The molecule has 0 saturated carbocycles. The maximum absolute atomic E-state index is 10.5. The van der Waals surface area contributed by atoms with Crippen molar-refractivity contribution < 1.29 is 4.92 Å². The fraction of sp³-hybridized carbons (Fsp3) is 0.300. The second-order valence-corrected chi connectivity index (χ2v) is 3.96. The molecule has 0 aliphatic rings. The van der Waals surface area contributed by atoms with Crippen LogP contribution in [0.1, 0.15) is 12.5 Å². The summed E-state index contributed by atoms with van der Waals surface area (Å²) in [5, 5.41) is 13.5. The highest BCUT2D eigenvalue weighted by atomic mass is 32.1. The Labute approximate surface area is 98.8 Å². The summed E-state index contributed by atoms with van der Waals surface area (Å²) in [4.78, 5) is 10.2. The third kappa shape index (κ3) is 3.82. The van der Waals surface area contributed by atoms with E-state index in [0.29, 0.717) is 6.42 Å². The number of nitrogens with two attached hydrogens (primary N) is 1. The van der Waals surface area contributed by atoms with Gasteiger partial charge in [-0.15, -0.1) is 0 Å². The normalized spacial score (nSPS) is 11.8. The first-order chi connectivity index (χ1) is 7.49. The van der Waals surface area contributed by atoms with E-state index in [1.54, 1.807) is 19.1 Å². The van der Waals surface area contributed by atoms with E-state index in [2.05, 4.69) is 5.32 Å². The van der Waals surface area contributed by atoms with Gasteiger partial charge in [-0.05, 0) is 29.9 Å². The lowest BCUT2D eigenvalue weighted by Crippen LogP contribution is -2.19. The van der Waals surface area contributed by atoms with Gasteiger partial charge in [-0.25, -0.2) is 0 Å². The predicted octanol–water partition coefficient (Wildman–Crippen LogP) is 1.55. The lowest BCUT2D eigenvalue weighted by molar-refractivity contribution is -0.517. The zero-order valence-electron chi connectivity index (χ0n) is 8.84. The molecule has 1 unspecified atom stereocenters. The van der Waals surface area contributed by atoms with Gasteiger partial charge in [0, 0.05) is 24.0 Å². The minimum absolute atomic E-state index is 0.200. The highest BCUT2D eigenvalue weighted by Gasteiger charge is 2.12. The first kappa shape index (κ1) is 12.4. The van der Waals surface area contributed by atoms with Crippen molar-refractivity contribution in [2.75, 3.05) is 5.32 Å². The van der Waals surface area contributed by atoms with Crippen LogP contribution in [0.2, 0.25) is 0 Å². The van der Waals surface area contributed by atoms with Gasteiger partial charge in [0.05, 0.1) is 0 Å². The van der Waals surface area contributed by atoms with E-state index in [1.165, 1.54) is 0 Å². The van der Waals surface area contributed by atoms with Gasteiger partial charge in [0.15, 0.2) is 5.11 Å². The summed E-state index contributed by atoms with van der Waals surface area (Å²) in [6.45, 7) is 1.58. The molecule has 1 rings (SSSR count). The monoisotopic (exact) mass is 239 g/mol. The molecule has 16 heavy (non-hydrogen) atoms. The Balaban J connectivity index is 2.64. The zero-order chi connectivity index (χ0) is 12.1. The Hall–Kier alpha value is -1.69. The van der Waals surface area contributed by atoms with Gasteiger partial charge in [-0.3, -0.25) is 10.1 Å². The van der Waals surface area contributed by atoms with Crippen LogP contribution in [-0.2, 0) is 6.42 Å². The molecule has 0 saturated heterocycles. The average Bonchev–Trinajstić information content (AvgIpc) is 2.20. The summed E-state index contributed by atoms with van der Waals surface area (Å²) in [6, 6.07) is 6.65. The highest BCUT2D eigenvalue weighted by Crippen LogP contribution is 2.11. The van der Waals surface area contributed by atoms with Gasteiger partial charge in [0.1, 0.15) is 0 Å². The molecule has 0 bridgehead atoms. The van der Waals surface area contributed by atoms with Crippen LogP contribution in [0.4, 0.5) is 5.69 Å². The van der Waals surface area contributed by atoms with Crippen molar-refractivity contribution in [3.63, 3.8) is 0 Å². The van der Waals surface area contributed by atoms with Crippen molar-refractivity contribution in [2.45, 2.75) is 19.4 Å². The Morgan fingerprint density at radius 2 is 2.12 bits per heavy atom. The van der Waals surface area contributed by atoms with Crippen molar-refractivity contribution in [2.24, 2.45) is 5.73 Å². The Kier molecular flexibility index (Phi) is 4.19. The number of rotatable bonds is 4. The lowest BCUT2D eigenvalue weighted by Gasteiger charge is -2.06. The number of hydrogen-bond acceptors (Lipinski definition) is 3. The summed E-state index contributed by atoms with van der Waals surface area (Å²) < 4.78 is 0. The molecule has 86 valence electrons. The Morgan fingerprint density at radius 1 is 1.56 bits per heavy atom. The van der Waals surface area contributed by atoms with Gasteiger partial charge in [-0.2, -0.15) is 0 Å². The lowest BCUT2D eigenvalue weighted by atomic mass is 10.1. The predicted molar refractivity (Wildman–Crippen MR) is 67.0 cm³/mol. The minimum Gasteiger partial charge on any atom is -0.376 e. The molecule has 1 aromatic carbocycles. The molecule has 0 aliphatic carbocycles. The molecule has 0 amide bonds. The number of nitrogens with one attached hydrogen (secondary N) is 1. The summed E-state index contributed by atoms with van der Waals surface area (Å²) in [5.41, 5.74) is 7.01. The molecule has 3 N–H and O–H groups in total. The van der Waals surface area contributed by atoms with Crippen LogP contribution in [0.25, 0.3) is 0 Å². The average molecular weight is 239 g/mol. The molecule has 5 nitrogen and oxygen atoms in total. The van der Waals surface area contributed by atoms with Crippen molar-refractivity contribution in [3.05, 3.63) is 39.9 Å². The minimum atomic E-state index is -0.575.